The SMILES string of the molecule is CC1CCC(CCNc2ccnc(N(C)C)n2)CC1. The fraction of sp³-hybridized carbons (Fsp3) is 0.733. The molecule has 0 aliphatic heterocycles. The molecule has 0 aromatic carbocycles. The number of hydrogen-bond acceptors (Lipinski definition) is 4. The van der Waals surface area contributed by atoms with Gasteiger partial charge in [0.15, 0.2) is 0 Å². The molecule has 0 saturated heterocycles. The second kappa shape index (κ2) is 6.73. The van der Waals surface area contributed by atoms with E-state index >= 15 is 0 Å². The van der Waals surface area contributed by atoms with Crippen LogP contribution in [0, 0.1) is 11.8 Å². The molecule has 4 nitrogen and oxygen atoms in total. The quantitative estimate of drug-likeness (QED) is 0.885. The molecule has 1 aliphatic carbocycles. The van der Waals surface area contributed by atoms with Crippen LogP contribution in [0.2, 0.25) is 0 Å². The maximum absolute atomic E-state index is 4.47. The van der Waals surface area contributed by atoms with E-state index in [2.05, 4.69) is 22.2 Å². The lowest BCUT2D eigenvalue weighted by Crippen LogP contribution is -2.17. The Labute approximate surface area is 116 Å². The molecule has 4 heteroatoms. The topological polar surface area (TPSA) is 41.1 Å². The average molecular weight is 262 g/mol. The molecule has 2 rings (SSSR count). The largest absolute Gasteiger partial charge is 0.370 e. The molecule has 1 saturated carbocycles. The van der Waals surface area contributed by atoms with Crippen LogP contribution in [-0.2, 0) is 0 Å². The zero-order chi connectivity index (χ0) is 13.7. The molecule has 0 unspecified atom stereocenters. The molecule has 1 fully saturated rings. The van der Waals surface area contributed by atoms with E-state index in [1.807, 2.05) is 31.3 Å². The third-order valence-corrected chi connectivity index (χ3v) is 4.04. The van der Waals surface area contributed by atoms with Crippen molar-refractivity contribution in [2.45, 2.75) is 39.0 Å². The monoisotopic (exact) mass is 262 g/mol. The molecular formula is C15H26N4. The normalized spacial score (nSPS) is 23.1. The summed E-state index contributed by atoms with van der Waals surface area (Å²) >= 11 is 0. The number of nitrogens with one attached hydrogen (secondary N) is 1. The summed E-state index contributed by atoms with van der Waals surface area (Å²) in [5.74, 6) is 3.53. The van der Waals surface area contributed by atoms with Crippen molar-refractivity contribution in [3.05, 3.63) is 12.3 Å². The molecule has 1 aliphatic rings. The number of hydrogen-bond donors (Lipinski definition) is 1. The van der Waals surface area contributed by atoms with E-state index in [1.165, 1.54) is 32.1 Å². The van der Waals surface area contributed by atoms with Gasteiger partial charge in [-0.1, -0.05) is 32.6 Å². The zero-order valence-electron chi connectivity index (χ0n) is 12.4. The highest BCUT2D eigenvalue weighted by atomic mass is 15.2. The Morgan fingerprint density at radius 1 is 1.26 bits per heavy atom. The smallest absolute Gasteiger partial charge is 0.226 e. The van der Waals surface area contributed by atoms with Crippen LogP contribution in [0.5, 0.6) is 0 Å². The summed E-state index contributed by atoms with van der Waals surface area (Å²) < 4.78 is 0. The number of anilines is 2. The van der Waals surface area contributed by atoms with E-state index < -0.39 is 0 Å². The summed E-state index contributed by atoms with van der Waals surface area (Å²) in [5, 5.41) is 3.42. The molecule has 0 bridgehead atoms. The van der Waals surface area contributed by atoms with Gasteiger partial charge in [0, 0.05) is 26.8 Å². The molecule has 1 N–H and O–H groups in total. The maximum Gasteiger partial charge on any atom is 0.226 e. The van der Waals surface area contributed by atoms with Gasteiger partial charge >= 0.3 is 0 Å². The Hall–Kier alpha value is -1.32. The first kappa shape index (κ1) is 14.1. The summed E-state index contributed by atoms with van der Waals surface area (Å²) in [6.45, 7) is 3.39. The molecular weight excluding hydrogens is 236 g/mol. The van der Waals surface area contributed by atoms with Crippen LogP contribution in [0.4, 0.5) is 11.8 Å². The van der Waals surface area contributed by atoms with Gasteiger partial charge in [0.25, 0.3) is 0 Å². The molecule has 1 aromatic rings. The van der Waals surface area contributed by atoms with E-state index in [9.17, 15) is 0 Å². The third-order valence-electron chi connectivity index (χ3n) is 4.04. The molecule has 1 heterocycles. The van der Waals surface area contributed by atoms with E-state index in [0.717, 1.165) is 30.1 Å². The lowest BCUT2D eigenvalue weighted by molar-refractivity contribution is 0.282. The number of nitrogens with zero attached hydrogens (tertiary/aromatic N) is 3. The Bertz CT molecular complexity index is 383. The van der Waals surface area contributed by atoms with Crippen LogP contribution in [0.1, 0.15) is 39.0 Å². The Morgan fingerprint density at radius 3 is 2.68 bits per heavy atom. The molecule has 19 heavy (non-hydrogen) atoms. The summed E-state index contributed by atoms with van der Waals surface area (Å²) in [7, 11) is 3.92. The Kier molecular flexibility index (Phi) is 5.00. The van der Waals surface area contributed by atoms with Crippen molar-refractivity contribution in [3.8, 4) is 0 Å². The van der Waals surface area contributed by atoms with E-state index in [-0.39, 0.29) is 0 Å². The van der Waals surface area contributed by atoms with Gasteiger partial charge in [-0.25, -0.2) is 4.98 Å². The van der Waals surface area contributed by atoms with Crippen LogP contribution in [0.25, 0.3) is 0 Å². The Morgan fingerprint density at radius 2 is 2.00 bits per heavy atom. The van der Waals surface area contributed by atoms with Crippen molar-refractivity contribution in [1.29, 1.82) is 0 Å². The first-order chi connectivity index (χ1) is 9.15. The van der Waals surface area contributed by atoms with E-state index in [1.54, 1.807) is 0 Å². The van der Waals surface area contributed by atoms with Crippen LogP contribution in [0.15, 0.2) is 12.3 Å². The summed E-state index contributed by atoms with van der Waals surface area (Å²) in [4.78, 5) is 10.6. The number of rotatable bonds is 5. The highest BCUT2D eigenvalue weighted by molar-refractivity contribution is 5.40. The molecule has 0 atom stereocenters. The minimum Gasteiger partial charge on any atom is -0.370 e. The second-order valence-electron chi connectivity index (χ2n) is 5.98. The lowest BCUT2D eigenvalue weighted by atomic mass is 9.81. The third kappa shape index (κ3) is 4.37. The van der Waals surface area contributed by atoms with Gasteiger partial charge in [0.1, 0.15) is 5.82 Å². The van der Waals surface area contributed by atoms with E-state index in [4.69, 9.17) is 0 Å². The van der Waals surface area contributed by atoms with Crippen LogP contribution in [0.3, 0.4) is 0 Å². The highest BCUT2D eigenvalue weighted by Gasteiger charge is 2.17. The van der Waals surface area contributed by atoms with Crippen molar-refractivity contribution in [2.24, 2.45) is 11.8 Å². The van der Waals surface area contributed by atoms with Gasteiger partial charge in [0.2, 0.25) is 5.95 Å². The van der Waals surface area contributed by atoms with Crippen molar-refractivity contribution in [2.75, 3.05) is 30.9 Å². The van der Waals surface area contributed by atoms with Crippen LogP contribution < -0.4 is 10.2 Å². The first-order valence-corrected chi connectivity index (χ1v) is 7.39. The number of aromatic nitrogens is 2. The highest BCUT2D eigenvalue weighted by Crippen LogP contribution is 2.30. The van der Waals surface area contributed by atoms with Gasteiger partial charge < -0.3 is 10.2 Å². The fourth-order valence-corrected chi connectivity index (χ4v) is 2.68. The molecule has 0 radical (unpaired) electrons. The standard InChI is InChI=1S/C15H26N4/c1-12-4-6-13(7-5-12)8-10-16-14-9-11-17-15(18-14)19(2)3/h9,11-13H,4-8,10H2,1-3H3,(H,16,17,18). The first-order valence-electron chi connectivity index (χ1n) is 7.39. The van der Waals surface area contributed by atoms with Gasteiger partial charge in [-0.2, -0.15) is 4.98 Å². The van der Waals surface area contributed by atoms with Gasteiger partial charge in [-0.05, 0) is 24.3 Å². The summed E-state index contributed by atoms with van der Waals surface area (Å²) in [6, 6.07) is 1.94. The zero-order valence-corrected chi connectivity index (χ0v) is 12.4. The van der Waals surface area contributed by atoms with Crippen molar-refractivity contribution in [3.63, 3.8) is 0 Å². The maximum atomic E-state index is 4.47. The molecule has 0 spiro atoms. The van der Waals surface area contributed by atoms with Gasteiger partial charge in [0.05, 0.1) is 0 Å². The molecule has 1 aromatic heterocycles. The predicted octanol–water partition coefficient (Wildman–Crippen LogP) is 3.17. The van der Waals surface area contributed by atoms with Crippen LogP contribution in [-0.4, -0.2) is 30.6 Å². The lowest BCUT2D eigenvalue weighted by Gasteiger charge is -2.26. The van der Waals surface area contributed by atoms with Crippen molar-refractivity contribution >= 4 is 11.8 Å². The molecule has 0 amide bonds. The minimum absolute atomic E-state index is 0.761. The van der Waals surface area contributed by atoms with Crippen LogP contribution >= 0.6 is 0 Å². The summed E-state index contributed by atoms with van der Waals surface area (Å²) in [6.07, 6.45) is 8.68. The van der Waals surface area contributed by atoms with Crippen molar-refractivity contribution < 1.29 is 0 Å². The fourth-order valence-electron chi connectivity index (χ4n) is 2.68. The Balaban J connectivity index is 1.75. The van der Waals surface area contributed by atoms with Crippen molar-refractivity contribution in [1.82, 2.24) is 9.97 Å². The summed E-state index contributed by atoms with van der Waals surface area (Å²) in [5.41, 5.74) is 0. The van der Waals surface area contributed by atoms with Gasteiger partial charge in [-0.3, -0.25) is 0 Å². The second-order valence-corrected chi connectivity index (χ2v) is 5.98. The van der Waals surface area contributed by atoms with Gasteiger partial charge in [-0.15, -0.1) is 0 Å². The van der Waals surface area contributed by atoms with E-state index in [0.29, 0.717) is 0 Å². The average Bonchev–Trinajstić information content (AvgIpc) is 2.41. The molecule has 106 valence electrons. The predicted molar refractivity (Wildman–Crippen MR) is 80.6 cm³/mol. The minimum atomic E-state index is 0.761.